The number of esters is 3. The smallest absolute Gasteiger partial charge is 0.320 e. The lowest BCUT2D eigenvalue weighted by Crippen LogP contribution is -2.64. The molecule has 0 radical (unpaired) electrons. The Balaban J connectivity index is 0.00000342. The first-order valence-electron chi connectivity index (χ1n) is 11.7. The van der Waals surface area contributed by atoms with Gasteiger partial charge in [0.25, 0.3) is 0 Å². The van der Waals surface area contributed by atoms with Gasteiger partial charge in [0.15, 0.2) is 11.9 Å². The second-order valence-corrected chi connectivity index (χ2v) is 10.7. The van der Waals surface area contributed by atoms with Crippen molar-refractivity contribution in [2.24, 2.45) is 28.6 Å². The average molecular weight is 512 g/mol. The summed E-state index contributed by atoms with van der Waals surface area (Å²) in [5, 5.41) is 0. The van der Waals surface area contributed by atoms with E-state index in [0.29, 0.717) is 19.3 Å². The van der Waals surface area contributed by atoms with Gasteiger partial charge in [-0.2, -0.15) is 0 Å². The number of fused-ring (bicyclic) bond motifs is 3. The number of ether oxygens (including phenoxy) is 3. The van der Waals surface area contributed by atoms with Crippen molar-refractivity contribution < 1.29 is 37.8 Å². The van der Waals surface area contributed by atoms with Gasteiger partial charge in [0.2, 0.25) is 0 Å². The van der Waals surface area contributed by atoms with Crippen LogP contribution in [0.2, 0.25) is 0 Å². The summed E-state index contributed by atoms with van der Waals surface area (Å²) in [5.74, 6) is -3.37. The summed E-state index contributed by atoms with van der Waals surface area (Å²) >= 11 is 0. The molecule has 194 valence electrons. The van der Waals surface area contributed by atoms with Gasteiger partial charge in [-0.1, -0.05) is 13.8 Å². The number of carbonyl (C=O) groups is 4. The minimum atomic E-state index is -1.07. The highest BCUT2D eigenvalue weighted by Gasteiger charge is 2.67. The van der Waals surface area contributed by atoms with Crippen LogP contribution in [-0.2, 0) is 33.4 Å². The molecule has 2 saturated carbocycles. The second kappa shape index (κ2) is 9.93. The number of likely N-dealkylation sites (N-methyl/N-ethyl adjacent to an activating group) is 1. The molecule has 1 aliphatic heterocycles. The number of ketones is 1. The minimum Gasteiger partial charge on any atom is -0.472 e. The van der Waals surface area contributed by atoms with E-state index in [0.717, 1.165) is 5.56 Å². The Hall–Kier alpha value is -2.39. The van der Waals surface area contributed by atoms with Gasteiger partial charge in [-0.3, -0.25) is 24.1 Å². The van der Waals surface area contributed by atoms with Gasteiger partial charge in [0.1, 0.15) is 6.10 Å². The topological polar surface area (TPSA) is 112 Å². The molecule has 4 rings (SSSR count). The third-order valence-corrected chi connectivity index (χ3v) is 8.22. The molecular weight excluding hydrogens is 478 g/mol. The van der Waals surface area contributed by atoms with E-state index in [9.17, 15) is 19.2 Å². The van der Waals surface area contributed by atoms with Crippen molar-refractivity contribution in [2.45, 2.75) is 51.7 Å². The summed E-state index contributed by atoms with van der Waals surface area (Å²) in [4.78, 5) is 54.2. The predicted molar refractivity (Wildman–Crippen MR) is 125 cm³/mol. The lowest BCUT2D eigenvalue weighted by Gasteiger charge is -2.61. The van der Waals surface area contributed by atoms with Crippen molar-refractivity contribution in [2.75, 3.05) is 27.7 Å². The number of halogens is 1. The third-order valence-electron chi connectivity index (χ3n) is 8.22. The Morgan fingerprint density at radius 2 is 1.91 bits per heavy atom. The number of nitrogens with zero attached hydrogens (tertiary/aromatic N) is 1. The highest BCUT2D eigenvalue weighted by atomic mass is 35.5. The maximum atomic E-state index is 14.0. The molecule has 1 aromatic rings. The molecule has 1 aromatic heterocycles. The van der Waals surface area contributed by atoms with Crippen LogP contribution in [0, 0.1) is 28.6 Å². The Morgan fingerprint density at radius 1 is 1.20 bits per heavy atom. The van der Waals surface area contributed by atoms with E-state index < -0.39 is 52.7 Å². The highest BCUT2D eigenvalue weighted by molar-refractivity contribution is 5.93. The first kappa shape index (κ1) is 27.2. The van der Waals surface area contributed by atoms with Crippen molar-refractivity contribution in [3.8, 4) is 0 Å². The van der Waals surface area contributed by atoms with Crippen molar-refractivity contribution in [1.82, 2.24) is 4.90 Å². The summed E-state index contributed by atoms with van der Waals surface area (Å²) in [6.07, 6.45) is 2.90. The molecule has 0 aromatic carbocycles. The molecular formula is C25H34ClNO8. The Kier molecular flexibility index (Phi) is 7.72. The Labute approximate surface area is 211 Å². The van der Waals surface area contributed by atoms with E-state index in [1.54, 1.807) is 25.1 Å². The van der Waals surface area contributed by atoms with Gasteiger partial charge in [0, 0.05) is 17.9 Å². The van der Waals surface area contributed by atoms with Crippen LogP contribution in [0.3, 0.4) is 0 Å². The van der Waals surface area contributed by atoms with E-state index in [1.165, 1.54) is 19.6 Å². The summed E-state index contributed by atoms with van der Waals surface area (Å²) in [6.45, 7) is 3.89. The third kappa shape index (κ3) is 4.60. The first-order chi connectivity index (χ1) is 16.0. The zero-order valence-electron chi connectivity index (χ0n) is 20.8. The second-order valence-electron chi connectivity index (χ2n) is 10.7. The molecule has 0 N–H and O–H groups in total. The summed E-state index contributed by atoms with van der Waals surface area (Å²) < 4.78 is 21.7. The van der Waals surface area contributed by atoms with Crippen LogP contribution < -0.4 is 0 Å². The number of carbonyl (C=O) groups excluding carboxylic acids is 4. The summed E-state index contributed by atoms with van der Waals surface area (Å²) in [7, 11) is 4.79. The van der Waals surface area contributed by atoms with Crippen LogP contribution in [0.5, 0.6) is 0 Å². The maximum absolute atomic E-state index is 14.0. The van der Waals surface area contributed by atoms with Crippen molar-refractivity contribution >= 4 is 36.1 Å². The highest BCUT2D eigenvalue weighted by Crippen LogP contribution is 2.65. The molecule has 0 bridgehead atoms. The van der Waals surface area contributed by atoms with E-state index in [1.807, 2.05) is 13.8 Å². The van der Waals surface area contributed by atoms with Crippen LogP contribution in [0.4, 0.5) is 0 Å². The molecule has 0 spiro atoms. The van der Waals surface area contributed by atoms with Crippen molar-refractivity contribution in [3.63, 3.8) is 0 Å². The number of Topliss-reactive ketones (excluding diaryl/α,β-unsaturated/α-hetero) is 1. The molecule has 0 amide bonds. The maximum Gasteiger partial charge on any atom is 0.320 e. The number of cyclic esters (lactones) is 1. The van der Waals surface area contributed by atoms with Crippen LogP contribution in [0.25, 0.3) is 0 Å². The number of methoxy groups -OCH3 is 1. The zero-order valence-corrected chi connectivity index (χ0v) is 21.6. The van der Waals surface area contributed by atoms with Gasteiger partial charge < -0.3 is 18.6 Å². The van der Waals surface area contributed by atoms with Gasteiger partial charge in [-0.05, 0) is 50.3 Å². The summed E-state index contributed by atoms with van der Waals surface area (Å²) in [6, 6.07) is 1.75. The Morgan fingerprint density at radius 3 is 2.51 bits per heavy atom. The first-order valence-corrected chi connectivity index (χ1v) is 11.7. The SMILES string of the molecule is COC(=O)[C@@H]1C[C@H](OC(=O)CN(C)C)C(=O)[C@H]2[C@@]1(C)CC[C@H]1C(=O)O[C@H](c3ccoc3)C[C@]21C.Cl. The predicted octanol–water partition coefficient (Wildman–Crippen LogP) is 2.96. The van der Waals surface area contributed by atoms with Crippen LogP contribution in [0.15, 0.2) is 23.0 Å². The molecule has 0 unspecified atom stereocenters. The van der Waals surface area contributed by atoms with Gasteiger partial charge in [-0.25, -0.2) is 0 Å². The standard InChI is InChI=1S/C25H33NO8.ClH/c1-24-8-6-15-23(30)34-18(14-7-9-32-13-14)11-25(15,2)21(24)20(28)17(10-16(24)22(29)31-5)33-19(27)12-26(3)4;/h7,9,13,15-18,21H,6,8,10-12H2,1-5H3;1H/t15-,16-,17-,18-,21-,24-,25-;/m0./s1. The molecule has 2 aliphatic carbocycles. The molecule has 35 heavy (non-hydrogen) atoms. The van der Waals surface area contributed by atoms with E-state index in [2.05, 4.69) is 0 Å². The fraction of sp³-hybridized carbons (Fsp3) is 0.680. The minimum absolute atomic E-state index is 0. The Bertz CT molecular complexity index is 978. The number of furan rings is 1. The largest absolute Gasteiger partial charge is 0.472 e. The fourth-order valence-electron chi connectivity index (χ4n) is 6.72. The summed E-state index contributed by atoms with van der Waals surface area (Å²) in [5.41, 5.74) is -0.805. The molecule has 10 heteroatoms. The van der Waals surface area contributed by atoms with Crippen molar-refractivity contribution in [3.05, 3.63) is 24.2 Å². The average Bonchev–Trinajstić information content (AvgIpc) is 3.28. The lowest BCUT2D eigenvalue weighted by atomic mass is 9.43. The monoisotopic (exact) mass is 511 g/mol. The molecule has 9 nitrogen and oxygen atoms in total. The number of hydrogen-bond donors (Lipinski definition) is 0. The molecule has 3 aliphatic rings. The van der Waals surface area contributed by atoms with E-state index in [4.69, 9.17) is 18.6 Å². The zero-order chi connectivity index (χ0) is 24.8. The fourth-order valence-corrected chi connectivity index (χ4v) is 6.72. The molecule has 7 atom stereocenters. The molecule has 2 heterocycles. The van der Waals surface area contributed by atoms with Gasteiger partial charge >= 0.3 is 17.9 Å². The van der Waals surface area contributed by atoms with Crippen LogP contribution >= 0.6 is 12.4 Å². The van der Waals surface area contributed by atoms with Gasteiger partial charge in [-0.15, -0.1) is 12.4 Å². The van der Waals surface area contributed by atoms with E-state index >= 15 is 0 Å². The van der Waals surface area contributed by atoms with Crippen LogP contribution in [0.1, 0.15) is 51.2 Å². The van der Waals surface area contributed by atoms with E-state index in [-0.39, 0.29) is 37.1 Å². The lowest BCUT2D eigenvalue weighted by molar-refractivity contribution is -0.210. The van der Waals surface area contributed by atoms with Gasteiger partial charge in [0.05, 0.1) is 38.0 Å². The molecule has 1 saturated heterocycles. The normalized spacial score (nSPS) is 36.3. The van der Waals surface area contributed by atoms with Crippen LogP contribution in [-0.4, -0.2) is 62.4 Å². The molecule has 3 fully saturated rings. The number of hydrogen-bond acceptors (Lipinski definition) is 9. The quantitative estimate of drug-likeness (QED) is 0.435. The number of rotatable bonds is 5. The van der Waals surface area contributed by atoms with Crippen molar-refractivity contribution in [1.29, 1.82) is 0 Å².